The highest BCUT2D eigenvalue weighted by atomic mass is 35.5. The molecule has 0 fully saturated rings. The molecule has 2 nitrogen and oxygen atoms in total. The summed E-state index contributed by atoms with van der Waals surface area (Å²) in [7, 11) is 0. The van der Waals surface area contributed by atoms with Gasteiger partial charge in [0.05, 0.1) is 10.9 Å². The van der Waals surface area contributed by atoms with Crippen molar-refractivity contribution in [2.45, 2.75) is 32.1 Å². The molecule has 1 aliphatic heterocycles. The maximum atomic E-state index is 7.13. The Bertz CT molecular complexity index is 1910. The van der Waals surface area contributed by atoms with Gasteiger partial charge in [0.25, 0.3) is 0 Å². The molecule has 210 valence electrons. The van der Waals surface area contributed by atoms with Gasteiger partial charge in [-0.15, -0.1) is 0 Å². The third-order valence-electron chi connectivity index (χ3n) is 8.26. The highest BCUT2D eigenvalue weighted by Gasteiger charge is 2.21. The van der Waals surface area contributed by atoms with Crippen molar-refractivity contribution < 1.29 is 9.15 Å². The molecule has 0 atom stereocenters. The summed E-state index contributed by atoms with van der Waals surface area (Å²) in [4.78, 5) is 0. The van der Waals surface area contributed by atoms with Crippen LogP contribution in [0, 0.1) is 0 Å². The number of allylic oxidation sites excluding steroid dienone is 7. The van der Waals surface area contributed by atoms with Gasteiger partial charge < -0.3 is 4.74 Å². The first-order valence-electron chi connectivity index (χ1n) is 15.0. The van der Waals surface area contributed by atoms with Crippen molar-refractivity contribution in [3.8, 4) is 17.1 Å². The molecule has 3 heteroatoms. The fourth-order valence-corrected chi connectivity index (χ4v) is 6.35. The fraction of sp³-hybridized carbons (Fsp3) is 0.125. The van der Waals surface area contributed by atoms with Crippen LogP contribution in [0.5, 0.6) is 5.75 Å². The molecular weight excluding hydrogens is 548 g/mol. The Kier molecular flexibility index (Phi) is 7.77. The lowest BCUT2D eigenvalue weighted by Crippen LogP contribution is -2.04. The number of halogens is 1. The summed E-state index contributed by atoms with van der Waals surface area (Å²) in [5, 5.41) is 2.08. The number of ether oxygens (including phenoxy) is 1. The van der Waals surface area contributed by atoms with E-state index in [0.717, 1.165) is 87.6 Å². The minimum absolute atomic E-state index is 0.853. The lowest BCUT2D eigenvalue weighted by atomic mass is 9.89. The van der Waals surface area contributed by atoms with E-state index in [2.05, 4.69) is 78.9 Å². The van der Waals surface area contributed by atoms with E-state index >= 15 is 0 Å². The number of aryl methyl sites for hydroxylation is 1. The maximum Gasteiger partial charge on any atom is 0.361 e. The van der Waals surface area contributed by atoms with Crippen molar-refractivity contribution in [2.24, 2.45) is 0 Å². The number of para-hydroxylation sites is 2. The number of benzene rings is 4. The zero-order valence-electron chi connectivity index (χ0n) is 23.9. The van der Waals surface area contributed by atoms with Gasteiger partial charge in [-0.05, 0) is 79.2 Å². The molecule has 0 bridgehead atoms. The van der Waals surface area contributed by atoms with Gasteiger partial charge in [-0.25, -0.2) is 4.42 Å². The van der Waals surface area contributed by atoms with E-state index in [0.29, 0.717) is 0 Å². The molecule has 2 aliphatic rings. The molecule has 0 unspecified atom stereocenters. The summed E-state index contributed by atoms with van der Waals surface area (Å²) in [6.07, 6.45) is 11.5. The molecule has 1 aromatic heterocycles. The molecule has 5 aromatic rings. The molecule has 1 aliphatic carbocycles. The summed E-state index contributed by atoms with van der Waals surface area (Å²) in [5.41, 5.74) is 9.08. The molecule has 7 rings (SSSR count). The van der Waals surface area contributed by atoms with Crippen LogP contribution in [0.2, 0.25) is 0 Å². The van der Waals surface area contributed by atoms with Crippen molar-refractivity contribution in [3.05, 3.63) is 166 Å². The van der Waals surface area contributed by atoms with Gasteiger partial charge in [0, 0.05) is 28.3 Å². The van der Waals surface area contributed by atoms with E-state index in [4.69, 9.17) is 20.8 Å². The zero-order chi connectivity index (χ0) is 29.0. The van der Waals surface area contributed by atoms with Crippen LogP contribution in [0.1, 0.15) is 42.4 Å². The van der Waals surface area contributed by atoms with Crippen molar-refractivity contribution >= 4 is 33.9 Å². The standard InChI is InChI=1S/C40H32ClO2/c41-40-30(22-24-32-26-38(28-12-3-1-4-13-28)42-36-20-9-7-18-34(32)36)16-11-17-31(40)23-25-33-27-39(29-14-5-2-6-15-29)43-37-21-10-8-19-35(33)37/h1-10,12-15,18-22,24,26-27H,11,16-17,23,25H2/q+1/b30-22+,32-24-. The molecule has 0 amide bonds. The van der Waals surface area contributed by atoms with E-state index in [1.807, 2.05) is 54.6 Å². The Morgan fingerprint density at radius 1 is 0.721 bits per heavy atom. The third kappa shape index (κ3) is 5.84. The Balaban J connectivity index is 1.19. The fourth-order valence-electron chi connectivity index (χ4n) is 6.01. The quantitative estimate of drug-likeness (QED) is 0.186. The zero-order valence-corrected chi connectivity index (χ0v) is 24.7. The Hall–Kier alpha value is -4.66. The summed E-state index contributed by atoms with van der Waals surface area (Å²) in [6, 6.07) is 39.3. The molecule has 43 heavy (non-hydrogen) atoms. The van der Waals surface area contributed by atoms with Gasteiger partial charge in [0.1, 0.15) is 11.5 Å². The van der Waals surface area contributed by atoms with Gasteiger partial charge in [-0.2, -0.15) is 0 Å². The van der Waals surface area contributed by atoms with Crippen LogP contribution in [0.25, 0.3) is 33.6 Å². The topological polar surface area (TPSA) is 20.5 Å². The first-order valence-corrected chi connectivity index (χ1v) is 15.3. The lowest BCUT2D eigenvalue weighted by molar-refractivity contribution is 0.509. The third-order valence-corrected chi connectivity index (χ3v) is 8.77. The largest absolute Gasteiger partial charge is 0.456 e. The van der Waals surface area contributed by atoms with Crippen LogP contribution < -0.4 is 4.74 Å². The molecule has 0 radical (unpaired) electrons. The lowest BCUT2D eigenvalue weighted by Gasteiger charge is -2.21. The number of hydrogen-bond donors (Lipinski definition) is 0. The number of rotatable bonds is 6. The molecular formula is C40H32ClO2+. The number of hydrogen-bond acceptors (Lipinski definition) is 1. The van der Waals surface area contributed by atoms with Gasteiger partial charge in [-0.1, -0.05) is 108 Å². The molecule has 0 spiro atoms. The normalized spacial score (nSPS) is 16.7. The van der Waals surface area contributed by atoms with Crippen molar-refractivity contribution in [3.63, 3.8) is 0 Å². The smallest absolute Gasteiger partial charge is 0.361 e. The molecule has 0 saturated carbocycles. The monoisotopic (exact) mass is 579 g/mol. The average Bonchev–Trinajstić information content (AvgIpc) is 3.07. The average molecular weight is 580 g/mol. The summed E-state index contributed by atoms with van der Waals surface area (Å²) in [5.74, 6) is 2.62. The minimum Gasteiger partial charge on any atom is -0.456 e. The van der Waals surface area contributed by atoms with Crippen LogP contribution in [0.15, 0.2) is 154 Å². The van der Waals surface area contributed by atoms with Gasteiger partial charge >= 0.3 is 11.3 Å². The van der Waals surface area contributed by atoms with Crippen LogP contribution in [0.4, 0.5) is 0 Å². The second kappa shape index (κ2) is 12.3. The Morgan fingerprint density at radius 2 is 1.44 bits per heavy atom. The van der Waals surface area contributed by atoms with Crippen LogP contribution in [-0.4, -0.2) is 0 Å². The molecule has 4 aromatic carbocycles. The first kappa shape index (κ1) is 27.2. The van der Waals surface area contributed by atoms with E-state index in [9.17, 15) is 0 Å². The van der Waals surface area contributed by atoms with E-state index in [1.165, 1.54) is 16.7 Å². The SMILES string of the molecule is ClC1=C(CCc2cc(-c3ccccc3)[o+]c3ccccc23)CCC/C1=C\C=C1\C=C(c2ccccc2)Oc2ccccc21. The van der Waals surface area contributed by atoms with Gasteiger partial charge in [-0.3, -0.25) is 0 Å². The van der Waals surface area contributed by atoms with E-state index in [-0.39, 0.29) is 0 Å². The molecule has 2 heterocycles. The number of fused-ring (bicyclic) bond motifs is 2. The minimum atomic E-state index is 0.853. The van der Waals surface area contributed by atoms with Crippen LogP contribution in [0.3, 0.4) is 0 Å². The van der Waals surface area contributed by atoms with Gasteiger partial charge in [0.2, 0.25) is 0 Å². The Morgan fingerprint density at radius 3 is 2.28 bits per heavy atom. The van der Waals surface area contributed by atoms with E-state index < -0.39 is 0 Å². The van der Waals surface area contributed by atoms with E-state index in [1.54, 1.807) is 0 Å². The van der Waals surface area contributed by atoms with Crippen molar-refractivity contribution in [1.82, 2.24) is 0 Å². The predicted octanol–water partition coefficient (Wildman–Crippen LogP) is 11.4. The molecule has 0 N–H and O–H groups in total. The predicted molar refractivity (Wildman–Crippen MR) is 179 cm³/mol. The molecule has 0 saturated heterocycles. The summed E-state index contributed by atoms with van der Waals surface area (Å²) >= 11 is 7.13. The van der Waals surface area contributed by atoms with Gasteiger partial charge in [0.15, 0.2) is 0 Å². The summed E-state index contributed by atoms with van der Waals surface area (Å²) in [6.45, 7) is 0. The maximum absolute atomic E-state index is 7.13. The van der Waals surface area contributed by atoms with Crippen LogP contribution in [-0.2, 0) is 6.42 Å². The van der Waals surface area contributed by atoms with Crippen LogP contribution >= 0.6 is 11.6 Å². The van der Waals surface area contributed by atoms with Crippen molar-refractivity contribution in [2.75, 3.05) is 0 Å². The Labute approximate surface area is 257 Å². The highest BCUT2D eigenvalue weighted by molar-refractivity contribution is 6.32. The van der Waals surface area contributed by atoms with Crippen molar-refractivity contribution in [1.29, 1.82) is 0 Å². The second-order valence-corrected chi connectivity index (χ2v) is 11.4. The summed E-state index contributed by atoms with van der Waals surface area (Å²) < 4.78 is 12.6. The first-order chi connectivity index (χ1) is 21.2. The highest BCUT2D eigenvalue weighted by Crippen LogP contribution is 2.39. The second-order valence-electron chi connectivity index (χ2n) is 11.1.